The van der Waals surface area contributed by atoms with Crippen LogP contribution in [0.25, 0.3) is 6.08 Å². The molecule has 1 heterocycles. The van der Waals surface area contributed by atoms with E-state index in [9.17, 15) is 18.8 Å². The predicted molar refractivity (Wildman–Crippen MR) is 134 cm³/mol. The molecule has 1 N–H and O–H groups in total. The van der Waals surface area contributed by atoms with E-state index in [4.69, 9.17) is 32.7 Å². The van der Waals surface area contributed by atoms with Crippen molar-refractivity contribution in [1.29, 1.82) is 0 Å². The lowest BCUT2D eigenvalue weighted by molar-refractivity contribution is -0.122. The number of urea groups is 1. The van der Waals surface area contributed by atoms with E-state index in [-0.39, 0.29) is 40.2 Å². The van der Waals surface area contributed by atoms with Crippen molar-refractivity contribution in [3.05, 3.63) is 93.2 Å². The Morgan fingerprint density at radius 3 is 2.33 bits per heavy atom. The molecule has 0 atom stereocenters. The molecule has 1 aliphatic heterocycles. The SMILES string of the molecule is CCOc1cc(C=C2C(=O)NC(=O)N(c3ccc(Cl)cc3)C2=O)cc(Cl)c1OCc1ccc(F)cc1. The molecule has 36 heavy (non-hydrogen) atoms. The summed E-state index contributed by atoms with van der Waals surface area (Å²) in [5.41, 5.74) is 1.07. The molecule has 1 fully saturated rings. The van der Waals surface area contributed by atoms with Crippen molar-refractivity contribution in [2.24, 2.45) is 0 Å². The van der Waals surface area contributed by atoms with Crippen molar-refractivity contribution in [3.8, 4) is 11.5 Å². The van der Waals surface area contributed by atoms with E-state index in [1.54, 1.807) is 25.1 Å². The zero-order valence-electron chi connectivity index (χ0n) is 18.9. The van der Waals surface area contributed by atoms with Crippen molar-refractivity contribution < 1.29 is 28.2 Å². The molecule has 1 aliphatic rings. The summed E-state index contributed by atoms with van der Waals surface area (Å²) in [6.45, 7) is 2.18. The van der Waals surface area contributed by atoms with Gasteiger partial charge in [0.2, 0.25) is 0 Å². The Balaban J connectivity index is 1.65. The summed E-state index contributed by atoms with van der Waals surface area (Å²) < 4.78 is 24.7. The maximum absolute atomic E-state index is 13.2. The van der Waals surface area contributed by atoms with Gasteiger partial charge in [0.25, 0.3) is 11.8 Å². The van der Waals surface area contributed by atoms with Gasteiger partial charge in [-0.2, -0.15) is 0 Å². The van der Waals surface area contributed by atoms with E-state index in [0.29, 0.717) is 17.2 Å². The van der Waals surface area contributed by atoms with Gasteiger partial charge in [0, 0.05) is 5.02 Å². The second-order valence-corrected chi connectivity index (χ2v) is 8.46. The Hall–Kier alpha value is -3.88. The highest BCUT2D eigenvalue weighted by molar-refractivity contribution is 6.39. The van der Waals surface area contributed by atoms with Gasteiger partial charge in [0.15, 0.2) is 11.5 Å². The van der Waals surface area contributed by atoms with Crippen LogP contribution in [-0.2, 0) is 16.2 Å². The molecule has 0 radical (unpaired) electrons. The van der Waals surface area contributed by atoms with Crippen LogP contribution >= 0.6 is 23.2 Å². The fourth-order valence-corrected chi connectivity index (χ4v) is 3.86. The number of nitrogens with one attached hydrogen (secondary N) is 1. The predicted octanol–water partition coefficient (Wildman–Crippen LogP) is 5.78. The lowest BCUT2D eigenvalue weighted by Crippen LogP contribution is -2.54. The number of imide groups is 2. The third kappa shape index (κ3) is 5.50. The molecule has 0 bridgehead atoms. The Morgan fingerprint density at radius 1 is 0.972 bits per heavy atom. The second kappa shape index (κ2) is 10.8. The smallest absolute Gasteiger partial charge is 0.335 e. The summed E-state index contributed by atoms with van der Waals surface area (Å²) in [4.78, 5) is 38.8. The third-order valence-corrected chi connectivity index (χ3v) is 5.66. The van der Waals surface area contributed by atoms with Gasteiger partial charge in [-0.3, -0.25) is 14.9 Å². The van der Waals surface area contributed by atoms with Gasteiger partial charge in [0.05, 0.1) is 17.3 Å². The van der Waals surface area contributed by atoms with Gasteiger partial charge in [-0.05, 0) is 72.7 Å². The van der Waals surface area contributed by atoms with Gasteiger partial charge in [-0.25, -0.2) is 14.1 Å². The van der Waals surface area contributed by atoms with Gasteiger partial charge in [-0.15, -0.1) is 0 Å². The molecule has 4 rings (SSSR count). The molecule has 3 aromatic rings. The van der Waals surface area contributed by atoms with Crippen LogP contribution in [0.4, 0.5) is 14.9 Å². The second-order valence-electron chi connectivity index (χ2n) is 7.61. The Kier molecular flexibility index (Phi) is 7.57. The lowest BCUT2D eigenvalue weighted by Gasteiger charge is -2.26. The van der Waals surface area contributed by atoms with Crippen LogP contribution in [0.3, 0.4) is 0 Å². The first-order valence-corrected chi connectivity index (χ1v) is 11.5. The number of amides is 4. The fraction of sp³-hybridized carbons (Fsp3) is 0.115. The topological polar surface area (TPSA) is 84.9 Å². The van der Waals surface area contributed by atoms with Gasteiger partial charge in [0.1, 0.15) is 18.0 Å². The molecule has 4 amide bonds. The quantitative estimate of drug-likeness (QED) is 0.310. The standard InChI is InChI=1S/C26H19Cl2FN2O5/c1-2-35-22-13-16(12-21(28)23(22)36-14-15-3-7-18(29)8-4-15)11-20-24(32)30-26(34)31(25(20)33)19-9-5-17(27)6-10-19/h3-13H,2,14H2,1H3,(H,30,32,34). The van der Waals surface area contributed by atoms with Crippen LogP contribution in [-0.4, -0.2) is 24.5 Å². The van der Waals surface area contributed by atoms with Crippen LogP contribution in [0.2, 0.25) is 10.0 Å². The van der Waals surface area contributed by atoms with Crippen molar-refractivity contribution >= 4 is 52.8 Å². The largest absolute Gasteiger partial charge is 0.490 e. The number of carbonyl (C=O) groups excluding carboxylic acids is 3. The number of benzene rings is 3. The summed E-state index contributed by atoms with van der Waals surface area (Å²) >= 11 is 12.4. The minimum atomic E-state index is -0.873. The fourth-order valence-electron chi connectivity index (χ4n) is 3.46. The van der Waals surface area contributed by atoms with Gasteiger partial charge >= 0.3 is 6.03 Å². The average Bonchev–Trinajstić information content (AvgIpc) is 2.83. The molecule has 0 aliphatic carbocycles. The maximum atomic E-state index is 13.2. The molecule has 7 nitrogen and oxygen atoms in total. The Bertz CT molecular complexity index is 1360. The van der Waals surface area contributed by atoms with Crippen molar-refractivity contribution in [3.63, 3.8) is 0 Å². The lowest BCUT2D eigenvalue weighted by atomic mass is 10.1. The minimum absolute atomic E-state index is 0.111. The first-order valence-electron chi connectivity index (χ1n) is 10.8. The number of ether oxygens (including phenoxy) is 2. The molecular weight excluding hydrogens is 510 g/mol. The summed E-state index contributed by atoms with van der Waals surface area (Å²) in [6.07, 6.45) is 1.31. The van der Waals surface area contributed by atoms with Crippen LogP contribution in [0, 0.1) is 5.82 Å². The first-order chi connectivity index (χ1) is 17.3. The van der Waals surface area contributed by atoms with E-state index in [1.807, 2.05) is 0 Å². The highest BCUT2D eigenvalue weighted by atomic mass is 35.5. The van der Waals surface area contributed by atoms with Crippen LogP contribution in [0.5, 0.6) is 11.5 Å². The Labute approximate surface area is 216 Å². The first kappa shape index (κ1) is 25.2. The summed E-state index contributed by atoms with van der Waals surface area (Å²) in [6, 6.07) is 14.0. The molecule has 10 heteroatoms. The maximum Gasteiger partial charge on any atom is 0.335 e. The van der Waals surface area contributed by atoms with Gasteiger partial charge < -0.3 is 9.47 Å². The third-order valence-electron chi connectivity index (χ3n) is 5.13. The van der Waals surface area contributed by atoms with Crippen LogP contribution < -0.4 is 19.7 Å². The van der Waals surface area contributed by atoms with Gasteiger partial charge in [-0.1, -0.05) is 35.3 Å². The van der Waals surface area contributed by atoms with Crippen molar-refractivity contribution in [1.82, 2.24) is 5.32 Å². The number of hydrogen-bond donors (Lipinski definition) is 1. The summed E-state index contributed by atoms with van der Waals surface area (Å²) in [5, 5.41) is 2.76. The highest BCUT2D eigenvalue weighted by Gasteiger charge is 2.36. The normalized spacial score (nSPS) is 14.7. The number of carbonyl (C=O) groups is 3. The minimum Gasteiger partial charge on any atom is -0.490 e. The van der Waals surface area contributed by atoms with Crippen LogP contribution in [0.15, 0.2) is 66.2 Å². The highest BCUT2D eigenvalue weighted by Crippen LogP contribution is 2.38. The van der Waals surface area contributed by atoms with Crippen molar-refractivity contribution in [2.75, 3.05) is 11.5 Å². The van der Waals surface area contributed by atoms with Crippen LogP contribution in [0.1, 0.15) is 18.1 Å². The molecule has 0 saturated carbocycles. The molecule has 0 aromatic heterocycles. The zero-order valence-corrected chi connectivity index (χ0v) is 20.4. The van der Waals surface area contributed by atoms with E-state index in [1.165, 1.54) is 48.5 Å². The number of rotatable bonds is 7. The molecule has 184 valence electrons. The van der Waals surface area contributed by atoms with E-state index < -0.39 is 17.8 Å². The monoisotopic (exact) mass is 528 g/mol. The molecular formula is C26H19Cl2FN2O5. The average molecular weight is 529 g/mol. The Morgan fingerprint density at radius 2 is 1.67 bits per heavy atom. The molecule has 0 unspecified atom stereocenters. The van der Waals surface area contributed by atoms with E-state index in [0.717, 1.165) is 10.5 Å². The number of nitrogens with zero attached hydrogens (tertiary/aromatic N) is 1. The number of halogens is 3. The number of barbiturate groups is 1. The molecule has 1 saturated heterocycles. The summed E-state index contributed by atoms with van der Waals surface area (Å²) in [5.74, 6) is -1.48. The van der Waals surface area contributed by atoms with E-state index in [2.05, 4.69) is 5.32 Å². The number of anilines is 1. The van der Waals surface area contributed by atoms with Crippen molar-refractivity contribution in [2.45, 2.75) is 13.5 Å². The summed E-state index contributed by atoms with van der Waals surface area (Å²) in [7, 11) is 0. The number of hydrogen-bond acceptors (Lipinski definition) is 5. The molecule has 3 aromatic carbocycles. The van der Waals surface area contributed by atoms with E-state index >= 15 is 0 Å². The molecule has 0 spiro atoms. The zero-order chi connectivity index (χ0) is 25.8.